The smallest absolute Gasteiger partial charge is 0.223 e. The zero-order valence-corrected chi connectivity index (χ0v) is 11.8. The van der Waals surface area contributed by atoms with Crippen LogP contribution >= 0.6 is 0 Å². The molecular weight excluding hydrogens is 268 g/mol. The van der Waals surface area contributed by atoms with Gasteiger partial charge < -0.3 is 9.80 Å². The van der Waals surface area contributed by atoms with Crippen LogP contribution in [-0.4, -0.2) is 57.2 Å². The fourth-order valence-corrected chi connectivity index (χ4v) is 2.46. The molecule has 3 heterocycles. The summed E-state index contributed by atoms with van der Waals surface area (Å²) in [7, 11) is 0. The van der Waals surface area contributed by atoms with Crippen LogP contribution in [0.5, 0.6) is 0 Å². The summed E-state index contributed by atoms with van der Waals surface area (Å²) in [6.07, 6.45) is 9.98. The number of nitrogens with zero attached hydrogens (tertiary/aromatic N) is 5. The van der Waals surface area contributed by atoms with Crippen molar-refractivity contribution in [2.75, 3.05) is 31.1 Å². The molecule has 1 fully saturated rings. The molecule has 1 N–H and O–H groups in total. The van der Waals surface area contributed by atoms with Gasteiger partial charge in [-0.15, -0.1) is 0 Å². The SMILES string of the molecule is O=C(CCc1cn[nH]c1)N1CCN(c2cnccn2)CC1. The first-order valence-corrected chi connectivity index (χ1v) is 7.09. The van der Waals surface area contributed by atoms with Crippen molar-refractivity contribution in [3.05, 3.63) is 36.5 Å². The molecule has 1 amide bonds. The number of aryl methyl sites for hydroxylation is 1. The predicted molar refractivity (Wildman–Crippen MR) is 77.7 cm³/mol. The molecule has 1 saturated heterocycles. The second kappa shape index (κ2) is 6.34. The fourth-order valence-electron chi connectivity index (χ4n) is 2.46. The number of carbonyl (C=O) groups excluding carboxylic acids is 1. The molecule has 0 saturated carbocycles. The van der Waals surface area contributed by atoms with Crippen LogP contribution in [0.3, 0.4) is 0 Å². The normalized spacial score (nSPS) is 15.2. The minimum Gasteiger partial charge on any atom is -0.352 e. The van der Waals surface area contributed by atoms with Crippen LogP contribution in [0.2, 0.25) is 0 Å². The van der Waals surface area contributed by atoms with Gasteiger partial charge in [-0.25, -0.2) is 4.98 Å². The summed E-state index contributed by atoms with van der Waals surface area (Å²) in [4.78, 5) is 24.6. The molecule has 0 atom stereocenters. The maximum Gasteiger partial charge on any atom is 0.223 e. The lowest BCUT2D eigenvalue weighted by atomic mass is 10.2. The Bertz CT molecular complexity index is 562. The molecule has 3 rings (SSSR count). The average Bonchev–Trinajstić information content (AvgIpc) is 3.07. The fraction of sp³-hybridized carbons (Fsp3) is 0.429. The number of H-pyrrole nitrogens is 1. The lowest BCUT2D eigenvalue weighted by Crippen LogP contribution is -2.49. The highest BCUT2D eigenvalue weighted by atomic mass is 16.2. The highest BCUT2D eigenvalue weighted by molar-refractivity contribution is 5.76. The number of rotatable bonds is 4. The number of piperazine rings is 1. The Balaban J connectivity index is 1.48. The number of hydrogen-bond donors (Lipinski definition) is 1. The van der Waals surface area contributed by atoms with Crippen molar-refractivity contribution in [2.45, 2.75) is 12.8 Å². The summed E-state index contributed by atoms with van der Waals surface area (Å²) in [5.41, 5.74) is 1.07. The third-order valence-corrected chi connectivity index (χ3v) is 3.69. The molecule has 1 aliphatic heterocycles. The highest BCUT2D eigenvalue weighted by Crippen LogP contribution is 2.12. The molecule has 0 bridgehead atoms. The van der Waals surface area contributed by atoms with Crippen molar-refractivity contribution in [1.29, 1.82) is 0 Å². The van der Waals surface area contributed by atoms with Crippen LogP contribution in [0.1, 0.15) is 12.0 Å². The standard InChI is InChI=1S/C14H18N6O/c21-14(2-1-12-9-17-18-10-12)20-7-5-19(6-8-20)13-11-15-3-4-16-13/h3-4,9-11H,1-2,5-8H2,(H,17,18). The molecule has 0 radical (unpaired) electrons. The van der Waals surface area contributed by atoms with Gasteiger partial charge in [0, 0.05) is 51.2 Å². The van der Waals surface area contributed by atoms with Gasteiger partial charge in [-0.2, -0.15) is 5.10 Å². The van der Waals surface area contributed by atoms with Crippen molar-refractivity contribution in [1.82, 2.24) is 25.1 Å². The minimum atomic E-state index is 0.204. The van der Waals surface area contributed by atoms with E-state index in [1.165, 1.54) is 0 Å². The van der Waals surface area contributed by atoms with Gasteiger partial charge in [0.15, 0.2) is 0 Å². The number of nitrogens with one attached hydrogen (secondary N) is 1. The summed E-state index contributed by atoms with van der Waals surface area (Å²) in [6.45, 7) is 3.08. The van der Waals surface area contributed by atoms with E-state index in [2.05, 4.69) is 25.1 Å². The van der Waals surface area contributed by atoms with E-state index in [-0.39, 0.29) is 5.91 Å². The van der Waals surface area contributed by atoms with E-state index >= 15 is 0 Å². The predicted octanol–water partition coefficient (Wildman–Crippen LogP) is 0.481. The van der Waals surface area contributed by atoms with Crippen molar-refractivity contribution in [3.63, 3.8) is 0 Å². The molecule has 21 heavy (non-hydrogen) atoms. The minimum absolute atomic E-state index is 0.204. The van der Waals surface area contributed by atoms with Crippen LogP contribution < -0.4 is 4.90 Å². The second-order valence-corrected chi connectivity index (χ2v) is 5.04. The third kappa shape index (κ3) is 3.36. The number of aromatic nitrogens is 4. The Labute approximate surface area is 123 Å². The Morgan fingerprint density at radius 2 is 2.05 bits per heavy atom. The van der Waals surface area contributed by atoms with E-state index in [1.54, 1.807) is 24.8 Å². The summed E-state index contributed by atoms with van der Waals surface area (Å²) in [5.74, 6) is 1.08. The van der Waals surface area contributed by atoms with Gasteiger partial charge in [-0.05, 0) is 12.0 Å². The molecule has 0 spiro atoms. The van der Waals surface area contributed by atoms with E-state index in [4.69, 9.17) is 0 Å². The Morgan fingerprint density at radius 3 is 2.71 bits per heavy atom. The molecular formula is C14H18N6O. The second-order valence-electron chi connectivity index (χ2n) is 5.04. The topological polar surface area (TPSA) is 78.0 Å². The van der Waals surface area contributed by atoms with Gasteiger partial charge in [0.2, 0.25) is 5.91 Å². The summed E-state index contributed by atoms with van der Waals surface area (Å²) < 4.78 is 0. The van der Waals surface area contributed by atoms with E-state index in [9.17, 15) is 4.79 Å². The maximum absolute atomic E-state index is 12.2. The Morgan fingerprint density at radius 1 is 1.19 bits per heavy atom. The van der Waals surface area contributed by atoms with Crippen LogP contribution in [0, 0.1) is 0 Å². The lowest BCUT2D eigenvalue weighted by molar-refractivity contribution is -0.131. The van der Waals surface area contributed by atoms with Gasteiger partial charge in [-0.1, -0.05) is 0 Å². The molecule has 0 aromatic carbocycles. The van der Waals surface area contributed by atoms with Gasteiger partial charge in [0.25, 0.3) is 0 Å². The molecule has 110 valence electrons. The van der Waals surface area contributed by atoms with E-state index < -0.39 is 0 Å². The van der Waals surface area contributed by atoms with Gasteiger partial charge in [0.05, 0.1) is 12.4 Å². The van der Waals surface area contributed by atoms with Gasteiger partial charge in [-0.3, -0.25) is 14.9 Å². The van der Waals surface area contributed by atoms with Gasteiger partial charge >= 0.3 is 0 Å². The van der Waals surface area contributed by atoms with Crippen LogP contribution in [0.25, 0.3) is 0 Å². The summed E-state index contributed by atoms with van der Waals surface area (Å²) >= 11 is 0. The summed E-state index contributed by atoms with van der Waals surface area (Å²) in [5, 5.41) is 6.65. The van der Waals surface area contributed by atoms with Crippen molar-refractivity contribution >= 4 is 11.7 Å². The molecule has 2 aromatic heterocycles. The first kappa shape index (κ1) is 13.5. The maximum atomic E-state index is 12.2. The van der Waals surface area contributed by atoms with E-state index in [1.807, 2.05) is 11.1 Å². The molecule has 7 nitrogen and oxygen atoms in total. The van der Waals surface area contributed by atoms with Gasteiger partial charge in [0.1, 0.15) is 5.82 Å². The van der Waals surface area contributed by atoms with Crippen molar-refractivity contribution in [2.24, 2.45) is 0 Å². The number of anilines is 1. The van der Waals surface area contributed by atoms with E-state index in [0.717, 1.165) is 44.0 Å². The average molecular weight is 286 g/mol. The summed E-state index contributed by atoms with van der Waals surface area (Å²) in [6, 6.07) is 0. The third-order valence-electron chi connectivity index (χ3n) is 3.69. The Kier molecular flexibility index (Phi) is 4.09. The monoisotopic (exact) mass is 286 g/mol. The first-order valence-electron chi connectivity index (χ1n) is 7.09. The Hall–Kier alpha value is -2.44. The first-order chi connectivity index (χ1) is 10.3. The number of hydrogen-bond acceptors (Lipinski definition) is 5. The van der Waals surface area contributed by atoms with Crippen molar-refractivity contribution < 1.29 is 4.79 Å². The molecule has 0 unspecified atom stereocenters. The zero-order valence-electron chi connectivity index (χ0n) is 11.8. The molecule has 2 aromatic rings. The molecule has 1 aliphatic rings. The highest BCUT2D eigenvalue weighted by Gasteiger charge is 2.21. The molecule has 0 aliphatic carbocycles. The van der Waals surface area contributed by atoms with Crippen LogP contribution in [0.4, 0.5) is 5.82 Å². The number of aromatic amines is 1. The van der Waals surface area contributed by atoms with Crippen LogP contribution in [-0.2, 0) is 11.2 Å². The number of carbonyl (C=O) groups is 1. The number of amides is 1. The van der Waals surface area contributed by atoms with Crippen molar-refractivity contribution in [3.8, 4) is 0 Å². The quantitative estimate of drug-likeness (QED) is 0.884. The zero-order chi connectivity index (χ0) is 14.5. The van der Waals surface area contributed by atoms with E-state index in [0.29, 0.717) is 6.42 Å². The largest absolute Gasteiger partial charge is 0.352 e. The molecule has 7 heteroatoms. The lowest BCUT2D eigenvalue weighted by Gasteiger charge is -2.35. The van der Waals surface area contributed by atoms with Crippen LogP contribution in [0.15, 0.2) is 31.0 Å².